The summed E-state index contributed by atoms with van der Waals surface area (Å²) in [6.07, 6.45) is 0. The van der Waals surface area contributed by atoms with Crippen LogP contribution in [0.5, 0.6) is 5.75 Å². The molecule has 1 unspecified atom stereocenters. The number of amides is 1. The summed E-state index contributed by atoms with van der Waals surface area (Å²) in [5, 5.41) is 11.2. The average molecular weight is 525 g/mol. The fourth-order valence-corrected chi connectivity index (χ4v) is 5.09. The van der Waals surface area contributed by atoms with E-state index in [1.54, 1.807) is 44.4 Å². The number of anilines is 1. The fourth-order valence-electron chi connectivity index (χ4n) is 3.81. The predicted molar refractivity (Wildman–Crippen MR) is 128 cm³/mol. The summed E-state index contributed by atoms with van der Waals surface area (Å²) >= 11 is 4.69. The number of aliphatic hydroxyl groups is 1. The van der Waals surface area contributed by atoms with E-state index in [1.165, 1.54) is 22.3 Å². The number of Topliss-reactive ketones (excluding diaryl/α,β-unsaturated/α-hetero) is 1. The Bertz CT molecular complexity index is 1440. The third kappa shape index (κ3) is 3.63. The second-order valence-corrected chi connectivity index (χ2v) is 9.39. The highest BCUT2D eigenvalue weighted by Crippen LogP contribution is 2.44. The van der Waals surface area contributed by atoms with Crippen LogP contribution in [0, 0.1) is 6.92 Å². The molecule has 0 bridgehead atoms. The van der Waals surface area contributed by atoms with Gasteiger partial charge in [0.05, 0.1) is 28.9 Å². The number of ether oxygens (including phenoxy) is 1. The van der Waals surface area contributed by atoms with E-state index in [0.717, 1.165) is 9.17 Å². The maximum Gasteiger partial charge on any atom is 0.296 e. The van der Waals surface area contributed by atoms with Crippen molar-refractivity contribution in [3.63, 3.8) is 0 Å². The van der Waals surface area contributed by atoms with Gasteiger partial charge >= 0.3 is 0 Å². The molecular formula is C24H17BrN2O5S. The standard InChI is InChI=1S/C24H17BrN2O5S/c1-12-3-10-17(32-12)21(28)19-20(13-4-6-14(25)7-5-13)27(23(30)22(19)29)24-26-16-9-8-15(31-2)11-18(16)33-24/h3-11,20,29H,1-2H3. The van der Waals surface area contributed by atoms with Gasteiger partial charge in [-0.3, -0.25) is 14.5 Å². The Balaban J connectivity index is 1.66. The Labute approximate surface area is 201 Å². The Kier molecular flexibility index (Phi) is 5.30. The minimum absolute atomic E-state index is 0.0477. The molecule has 0 radical (unpaired) electrons. The Hall–Kier alpha value is -3.43. The van der Waals surface area contributed by atoms with Gasteiger partial charge in [0.25, 0.3) is 5.91 Å². The van der Waals surface area contributed by atoms with Crippen LogP contribution in [-0.2, 0) is 4.79 Å². The van der Waals surface area contributed by atoms with E-state index in [-0.39, 0.29) is 11.3 Å². The summed E-state index contributed by atoms with van der Waals surface area (Å²) in [5.74, 6) is -0.578. The van der Waals surface area contributed by atoms with Crippen LogP contribution in [0.25, 0.3) is 10.2 Å². The number of carbonyl (C=O) groups is 2. The highest BCUT2D eigenvalue weighted by Gasteiger charge is 2.46. The predicted octanol–water partition coefficient (Wildman–Crippen LogP) is 5.75. The van der Waals surface area contributed by atoms with E-state index in [0.29, 0.717) is 27.7 Å². The number of furan rings is 1. The molecule has 1 aliphatic rings. The summed E-state index contributed by atoms with van der Waals surface area (Å²) in [7, 11) is 1.58. The lowest BCUT2D eigenvalue weighted by molar-refractivity contribution is -0.117. The van der Waals surface area contributed by atoms with Gasteiger partial charge in [-0.15, -0.1) is 0 Å². The van der Waals surface area contributed by atoms with Crippen molar-refractivity contribution in [3.8, 4) is 5.75 Å². The number of carbonyl (C=O) groups excluding carboxylic acids is 2. The first-order valence-electron chi connectivity index (χ1n) is 9.95. The van der Waals surface area contributed by atoms with Gasteiger partial charge in [-0.05, 0) is 55.0 Å². The first kappa shape index (κ1) is 21.4. The fraction of sp³-hybridized carbons (Fsp3) is 0.125. The zero-order chi connectivity index (χ0) is 23.3. The van der Waals surface area contributed by atoms with Gasteiger partial charge in [-0.1, -0.05) is 39.4 Å². The number of ketones is 1. The third-order valence-electron chi connectivity index (χ3n) is 5.39. The minimum Gasteiger partial charge on any atom is -0.503 e. The van der Waals surface area contributed by atoms with E-state index in [2.05, 4.69) is 20.9 Å². The second-order valence-electron chi connectivity index (χ2n) is 7.46. The first-order chi connectivity index (χ1) is 15.9. The number of hydrogen-bond donors (Lipinski definition) is 1. The molecule has 1 amide bonds. The zero-order valence-corrected chi connectivity index (χ0v) is 19.9. The number of fused-ring (bicyclic) bond motifs is 1. The number of methoxy groups -OCH3 is 1. The van der Waals surface area contributed by atoms with Crippen molar-refractivity contribution < 1.29 is 23.8 Å². The lowest BCUT2D eigenvalue weighted by atomic mass is 9.95. The van der Waals surface area contributed by atoms with E-state index in [9.17, 15) is 14.7 Å². The monoisotopic (exact) mass is 524 g/mol. The van der Waals surface area contributed by atoms with Crippen LogP contribution in [0.3, 0.4) is 0 Å². The third-order valence-corrected chi connectivity index (χ3v) is 6.94. The summed E-state index contributed by atoms with van der Waals surface area (Å²) < 4.78 is 12.4. The van der Waals surface area contributed by atoms with Crippen molar-refractivity contribution in [1.82, 2.24) is 4.98 Å². The van der Waals surface area contributed by atoms with Crippen LogP contribution >= 0.6 is 27.3 Å². The molecule has 3 heterocycles. The number of thiazole rings is 1. The van der Waals surface area contributed by atoms with Crippen molar-refractivity contribution in [3.05, 3.63) is 87.5 Å². The minimum atomic E-state index is -0.869. The number of aryl methyl sites for hydroxylation is 1. The summed E-state index contributed by atoms with van der Waals surface area (Å²) in [6, 6.07) is 15.0. The van der Waals surface area contributed by atoms with Crippen LogP contribution in [0.4, 0.5) is 5.13 Å². The molecular weight excluding hydrogens is 508 g/mol. The van der Waals surface area contributed by atoms with Crippen molar-refractivity contribution in [2.24, 2.45) is 0 Å². The Morgan fingerprint density at radius 2 is 1.94 bits per heavy atom. The highest BCUT2D eigenvalue weighted by molar-refractivity contribution is 9.10. The largest absolute Gasteiger partial charge is 0.503 e. The van der Waals surface area contributed by atoms with Crippen molar-refractivity contribution >= 4 is 54.3 Å². The molecule has 4 aromatic rings. The van der Waals surface area contributed by atoms with Crippen LogP contribution in [-0.4, -0.2) is 28.9 Å². The highest BCUT2D eigenvalue weighted by atomic mass is 79.9. The second kappa shape index (κ2) is 8.17. The number of rotatable bonds is 5. The smallest absolute Gasteiger partial charge is 0.296 e. The maximum absolute atomic E-state index is 13.4. The van der Waals surface area contributed by atoms with Crippen LogP contribution < -0.4 is 9.64 Å². The Morgan fingerprint density at radius 3 is 2.61 bits per heavy atom. The van der Waals surface area contributed by atoms with Gasteiger partial charge in [0.15, 0.2) is 16.7 Å². The number of aliphatic hydroxyl groups excluding tert-OH is 1. The molecule has 0 saturated carbocycles. The first-order valence-corrected chi connectivity index (χ1v) is 11.6. The number of halogens is 1. The molecule has 0 fully saturated rings. The van der Waals surface area contributed by atoms with E-state index in [4.69, 9.17) is 9.15 Å². The summed E-state index contributed by atoms with van der Waals surface area (Å²) in [5.41, 5.74) is 1.28. The molecule has 1 atom stereocenters. The molecule has 5 rings (SSSR count). The molecule has 0 saturated heterocycles. The van der Waals surface area contributed by atoms with Gasteiger partial charge in [-0.25, -0.2) is 4.98 Å². The topological polar surface area (TPSA) is 92.9 Å². The number of benzene rings is 2. The molecule has 2 aromatic heterocycles. The summed E-state index contributed by atoms with van der Waals surface area (Å²) in [4.78, 5) is 32.6. The maximum atomic E-state index is 13.4. The van der Waals surface area contributed by atoms with Gasteiger partial charge in [0.1, 0.15) is 11.5 Å². The average Bonchev–Trinajstić information content (AvgIpc) is 3.49. The molecule has 33 heavy (non-hydrogen) atoms. The number of nitrogens with zero attached hydrogens (tertiary/aromatic N) is 2. The van der Waals surface area contributed by atoms with Gasteiger partial charge in [0, 0.05) is 4.47 Å². The van der Waals surface area contributed by atoms with Gasteiger partial charge < -0.3 is 14.3 Å². The molecule has 9 heteroatoms. The van der Waals surface area contributed by atoms with Crippen LogP contribution in [0.1, 0.15) is 27.9 Å². The van der Waals surface area contributed by atoms with Crippen molar-refractivity contribution in [2.45, 2.75) is 13.0 Å². The quantitative estimate of drug-likeness (QED) is 0.334. The van der Waals surface area contributed by atoms with Crippen LogP contribution in [0.2, 0.25) is 0 Å². The normalized spacial score (nSPS) is 16.2. The van der Waals surface area contributed by atoms with Gasteiger partial charge in [0.2, 0.25) is 5.78 Å². The molecule has 1 aliphatic heterocycles. The summed E-state index contributed by atoms with van der Waals surface area (Å²) in [6.45, 7) is 1.72. The molecule has 1 N–H and O–H groups in total. The Morgan fingerprint density at radius 1 is 1.18 bits per heavy atom. The molecule has 0 spiro atoms. The molecule has 7 nitrogen and oxygen atoms in total. The number of hydrogen-bond acceptors (Lipinski definition) is 7. The zero-order valence-electron chi connectivity index (χ0n) is 17.5. The molecule has 2 aromatic carbocycles. The van der Waals surface area contributed by atoms with Crippen molar-refractivity contribution in [2.75, 3.05) is 12.0 Å². The SMILES string of the molecule is COc1ccc2nc(N3C(=O)C(O)=C(C(=O)c4ccc(C)o4)C3c3ccc(Br)cc3)sc2c1. The lowest BCUT2D eigenvalue weighted by Crippen LogP contribution is -2.30. The number of aromatic nitrogens is 1. The molecule has 166 valence electrons. The van der Waals surface area contributed by atoms with E-state index >= 15 is 0 Å². The van der Waals surface area contributed by atoms with Crippen molar-refractivity contribution in [1.29, 1.82) is 0 Å². The molecule has 0 aliphatic carbocycles. The van der Waals surface area contributed by atoms with Gasteiger partial charge in [-0.2, -0.15) is 0 Å². The van der Waals surface area contributed by atoms with E-state index in [1.807, 2.05) is 18.2 Å². The van der Waals surface area contributed by atoms with E-state index < -0.39 is 23.5 Å². The van der Waals surface area contributed by atoms with Crippen LogP contribution in [0.15, 0.2) is 74.8 Å². The lowest BCUT2D eigenvalue weighted by Gasteiger charge is -2.24.